The summed E-state index contributed by atoms with van der Waals surface area (Å²) >= 11 is 0. The highest BCUT2D eigenvalue weighted by Gasteiger charge is 2.32. The van der Waals surface area contributed by atoms with Crippen LogP contribution in [0.3, 0.4) is 0 Å². The first-order valence-corrected chi connectivity index (χ1v) is 8.48. The number of methoxy groups -OCH3 is 1. The molecule has 0 saturated carbocycles. The second-order valence-corrected chi connectivity index (χ2v) is 6.81. The largest absolute Gasteiger partial charge is 0.494 e. The summed E-state index contributed by atoms with van der Waals surface area (Å²) in [5.41, 5.74) is -0.937. The zero-order valence-electron chi connectivity index (χ0n) is 13.5. The highest BCUT2D eigenvalue weighted by molar-refractivity contribution is 7.89. The van der Waals surface area contributed by atoms with Crippen molar-refractivity contribution in [3.05, 3.63) is 52.8 Å². The second kappa shape index (κ2) is 7.46. The standard InChI is InChI=1S/C15H13F5N2O3S/c1-21-26(23,24)15-13(20)11(18)10(17)12(19)14(15)22-6-7-3-4-9(25-2)8(16)5-7/h3-5,21-22H,6H2,1-2H3. The Morgan fingerprint density at radius 3 is 2.15 bits per heavy atom. The maximum atomic E-state index is 14.0. The van der Waals surface area contributed by atoms with E-state index in [2.05, 4.69) is 5.32 Å². The molecule has 0 heterocycles. The number of hydrogen-bond donors (Lipinski definition) is 2. The minimum atomic E-state index is -4.67. The molecule has 2 N–H and O–H groups in total. The van der Waals surface area contributed by atoms with E-state index in [1.54, 1.807) is 4.72 Å². The molecule has 0 aliphatic rings. The Bertz CT molecular complexity index is 951. The Hall–Kier alpha value is -2.40. The van der Waals surface area contributed by atoms with Gasteiger partial charge < -0.3 is 10.1 Å². The quantitative estimate of drug-likeness (QED) is 0.448. The Morgan fingerprint density at radius 1 is 1.00 bits per heavy atom. The highest BCUT2D eigenvalue weighted by Crippen LogP contribution is 2.32. The van der Waals surface area contributed by atoms with Crippen molar-refractivity contribution in [1.29, 1.82) is 0 Å². The van der Waals surface area contributed by atoms with Crippen LogP contribution < -0.4 is 14.8 Å². The summed E-state index contributed by atoms with van der Waals surface area (Å²) in [5, 5.41) is 2.16. The van der Waals surface area contributed by atoms with Gasteiger partial charge in [0.2, 0.25) is 10.0 Å². The van der Waals surface area contributed by atoms with E-state index in [-0.39, 0.29) is 11.3 Å². The smallest absolute Gasteiger partial charge is 0.245 e. The maximum Gasteiger partial charge on any atom is 0.245 e. The number of rotatable bonds is 6. The average Bonchev–Trinajstić information content (AvgIpc) is 2.61. The lowest BCUT2D eigenvalue weighted by molar-refractivity contribution is 0.386. The van der Waals surface area contributed by atoms with Crippen LogP contribution in [0.5, 0.6) is 5.75 Å². The van der Waals surface area contributed by atoms with Gasteiger partial charge in [-0.1, -0.05) is 6.07 Å². The summed E-state index contributed by atoms with van der Waals surface area (Å²) in [6, 6.07) is 3.60. The van der Waals surface area contributed by atoms with Crippen LogP contribution >= 0.6 is 0 Å². The van der Waals surface area contributed by atoms with Crippen LogP contribution in [0, 0.1) is 29.1 Å². The number of ether oxygens (including phenoxy) is 1. The fourth-order valence-corrected chi connectivity index (χ4v) is 3.09. The van der Waals surface area contributed by atoms with Crippen molar-refractivity contribution in [1.82, 2.24) is 4.72 Å². The van der Waals surface area contributed by atoms with Crippen LogP contribution in [-0.4, -0.2) is 22.6 Å². The van der Waals surface area contributed by atoms with Gasteiger partial charge in [0.15, 0.2) is 34.8 Å². The first kappa shape index (κ1) is 19.9. The molecular formula is C15H13F5N2O3S. The lowest BCUT2D eigenvalue weighted by Gasteiger charge is -2.15. The third-order valence-electron chi connectivity index (χ3n) is 3.45. The molecule has 2 aromatic rings. The molecule has 0 spiro atoms. The third-order valence-corrected chi connectivity index (χ3v) is 4.91. The molecule has 0 radical (unpaired) electrons. The molecule has 0 atom stereocenters. The monoisotopic (exact) mass is 396 g/mol. The fourth-order valence-electron chi connectivity index (χ4n) is 2.13. The molecule has 11 heteroatoms. The second-order valence-electron chi connectivity index (χ2n) is 4.99. The van der Waals surface area contributed by atoms with Crippen molar-refractivity contribution in [2.45, 2.75) is 11.4 Å². The van der Waals surface area contributed by atoms with Gasteiger partial charge in [-0.25, -0.2) is 35.1 Å². The van der Waals surface area contributed by atoms with Gasteiger partial charge in [0.1, 0.15) is 4.90 Å². The molecule has 0 amide bonds. The molecule has 0 fully saturated rings. The van der Waals surface area contributed by atoms with Gasteiger partial charge in [0, 0.05) is 6.54 Å². The molecular weight excluding hydrogens is 383 g/mol. The number of hydrogen-bond acceptors (Lipinski definition) is 4. The maximum absolute atomic E-state index is 14.0. The van der Waals surface area contributed by atoms with Gasteiger partial charge in [-0.05, 0) is 24.7 Å². The SMILES string of the molecule is CNS(=O)(=O)c1c(F)c(F)c(F)c(F)c1NCc1ccc(OC)c(F)c1. The topological polar surface area (TPSA) is 67.4 Å². The molecule has 5 nitrogen and oxygen atoms in total. The Balaban J connectivity index is 2.50. The van der Waals surface area contributed by atoms with E-state index in [0.29, 0.717) is 0 Å². The zero-order chi connectivity index (χ0) is 19.6. The summed E-state index contributed by atoms with van der Waals surface area (Å²) in [7, 11) is -2.55. The van der Waals surface area contributed by atoms with Gasteiger partial charge in [-0.15, -0.1) is 0 Å². The predicted octanol–water partition coefficient (Wildman–Crippen LogP) is 2.91. The van der Waals surface area contributed by atoms with Crippen molar-refractivity contribution in [2.75, 3.05) is 19.5 Å². The van der Waals surface area contributed by atoms with E-state index in [9.17, 15) is 30.4 Å². The van der Waals surface area contributed by atoms with Crippen LogP contribution in [0.15, 0.2) is 23.1 Å². The Labute approximate surface area is 145 Å². The molecule has 0 unspecified atom stereocenters. The number of nitrogens with one attached hydrogen (secondary N) is 2. The lowest BCUT2D eigenvalue weighted by Crippen LogP contribution is -2.24. The molecule has 0 aliphatic heterocycles. The summed E-state index contributed by atoms with van der Waals surface area (Å²) in [5.74, 6) is -9.28. The van der Waals surface area contributed by atoms with E-state index >= 15 is 0 Å². The zero-order valence-corrected chi connectivity index (χ0v) is 14.3. The molecule has 2 aromatic carbocycles. The summed E-state index contributed by atoms with van der Waals surface area (Å²) in [4.78, 5) is -1.43. The Morgan fingerprint density at radius 2 is 1.62 bits per heavy atom. The fraction of sp³-hybridized carbons (Fsp3) is 0.200. The minimum absolute atomic E-state index is 0.0720. The van der Waals surface area contributed by atoms with Gasteiger partial charge >= 0.3 is 0 Å². The van der Waals surface area contributed by atoms with Gasteiger partial charge in [-0.3, -0.25) is 0 Å². The van der Waals surface area contributed by atoms with Crippen LogP contribution in [0.2, 0.25) is 0 Å². The van der Waals surface area contributed by atoms with Gasteiger partial charge in [0.05, 0.1) is 12.8 Å². The van der Waals surface area contributed by atoms with E-state index in [1.165, 1.54) is 19.2 Å². The normalized spacial score (nSPS) is 11.5. The van der Waals surface area contributed by atoms with Crippen molar-refractivity contribution < 1.29 is 35.1 Å². The first-order valence-electron chi connectivity index (χ1n) is 6.99. The number of benzene rings is 2. The molecule has 0 aliphatic carbocycles. The van der Waals surface area contributed by atoms with Gasteiger partial charge in [-0.2, -0.15) is 0 Å². The summed E-state index contributed by atoms with van der Waals surface area (Å²) in [6.07, 6.45) is 0. The van der Waals surface area contributed by atoms with Crippen LogP contribution in [0.4, 0.5) is 27.6 Å². The van der Waals surface area contributed by atoms with E-state index in [0.717, 1.165) is 13.1 Å². The van der Waals surface area contributed by atoms with E-state index in [4.69, 9.17) is 4.74 Å². The minimum Gasteiger partial charge on any atom is -0.494 e. The number of halogens is 5. The van der Waals surface area contributed by atoms with E-state index < -0.39 is 56.2 Å². The highest BCUT2D eigenvalue weighted by atomic mass is 32.2. The van der Waals surface area contributed by atoms with Crippen molar-refractivity contribution >= 4 is 15.7 Å². The molecule has 26 heavy (non-hydrogen) atoms. The molecule has 2 rings (SSSR count). The van der Waals surface area contributed by atoms with Crippen molar-refractivity contribution in [3.8, 4) is 5.75 Å². The van der Waals surface area contributed by atoms with Crippen LogP contribution in [0.25, 0.3) is 0 Å². The van der Waals surface area contributed by atoms with Crippen LogP contribution in [-0.2, 0) is 16.6 Å². The Kier molecular flexibility index (Phi) is 5.71. The molecule has 0 bridgehead atoms. The van der Waals surface area contributed by atoms with Gasteiger partial charge in [0.25, 0.3) is 0 Å². The average molecular weight is 396 g/mol. The summed E-state index contributed by atoms with van der Waals surface area (Å²) < 4.78 is 98.8. The lowest BCUT2D eigenvalue weighted by atomic mass is 10.2. The predicted molar refractivity (Wildman–Crippen MR) is 82.8 cm³/mol. The van der Waals surface area contributed by atoms with Crippen LogP contribution in [0.1, 0.15) is 5.56 Å². The molecule has 0 saturated heterocycles. The molecule has 0 aromatic heterocycles. The first-order chi connectivity index (χ1) is 12.1. The number of sulfonamides is 1. The molecule has 142 valence electrons. The third kappa shape index (κ3) is 3.58. The van der Waals surface area contributed by atoms with E-state index in [1.807, 2.05) is 0 Å². The summed E-state index contributed by atoms with van der Waals surface area (Å²) in [6.45, 7) is -0.408. The van der Waals surface area contributed by atoms with Crippen molar-refractivity contribution in [3.63, 3.8) is 0 Å². The van der Waals surface area contributed by atoms with Crippen molar-refractivity contribution in [2.24, 2.45) is 0 Å². The number of anilines is 1.